The molecule has 1 aromatic rings. The van der Waals surface area contributed by atoms with Crippen LogP contribution in [0.15, 0.2) is 18.3 Å². The summed E-state index contributed by atoms with van der Waals surface area (Å²) in [4.78, 5) is 17.3. The molecule has 5 heteroatoms. The van der Waals surface area contributed by atoms with Gasteiger partial charge in [0.25, 0.3) is 5.91 Å². The standard InChI is InChI=1S/C13H22N4O/c1-4-10(14)5-7-15-11-6-8-16-12(9-11)13(18)17(2)3/h6,8-10H,4-5,7,14H2,1-3H3,(H,15,16). The topological polar surface area (TPSA) is 71.2 Å². The van der Waals surface area contributed by atoms with Gasteiger partial charge >= 0.3 is 0 Å². The molecule has 0 aliphatic carbocycles. The number of aromatic nitrogens is 1. The number of carbonyl (C=O) groups is 1. The van der Waals surface area contributed by atoms with Crippen LogP contribution in [0.4, 0.5) is 5.69 Å². The Morgan fingerprint density at radius 2 is 2.28 bits per heavy atom. The fourth-order valence-electron chi connectivity index (χ4n) is 1.49. The Kier molecular flexibility index (Phi) is 5.58. The summed E-state index contributed by atoms with van der Waals surface area (Å²) in [6.45, 7) is 2.87. The minimum absolute atomic E-state index is 0.0936. The van der Waals surface area contributed by atoms with Crippen LogP contribution in [0.2, 0.25) is 0 Å². The maximum Gasteiger partial charge on any atom is 0.272 e. The van der Waals surface area contributed by atoms with Gasteiger partial charge in [0, 0.05) is 38.6 Å². The van der Waals surface area contributed by atoms with Crippen molar-refractivity contribution in [1.29, 1.82) is 0 Å². The Hall–Kier alpha value is -1.62. The molecule has 0 saturated heterocycles. The first-order valence-corrected chi connectivity index (χ1v) is 6.21. The predicted molar refractivity (Wildman–Crippen MR) is 73.6 cm³/mol. The second-order valence-electron chi connectivity index (χ2n) is 4.51. The summed E-state index contributed by atoms with van der Waals surface area (Å²) in [5, 5.41) is 3.25. The molecular weight excluding hydrogens is 228 g/mol. The van der Waals surface area contributed by atoms with E-state index in [1.54, 1.807) is 26.4 Å². The minimum Gasteiger partial charge on any atom is -0.385 e. The molecule has 1 amide bonds. The number of nitrogens with zero attached hydrogens (tertiary/aromatic N) is 2. The van der Waals surface area contributed by atoms with Gasteiger partial charge in [-0.2, -0.15) is 0 Å². The zero-order valence-electron chi connectivity index (χ0n) is 11.3. The number of amides is 1. The molecule has 1 rings (SSSR count). The Morgan fingerprint density at radius 3 is 2.89 bits per heavy atom. The van der Waals surface area contributed by atoms with Crippen molar-refractivity contribution < 1.29 is 4.79 Å². The van der Waals surface area contributed by atoms with Gasteiger partial charge in [-0.05, 0) is 25.0 Å². The van der Waals surface area contributed by atoms with E-state index in [2.05, 4.69) is 17.2 Å². The summed E-state index contributed by atoms with van der Waals surface area (Å²) in [6.07, 6.45) is 3.52. The zero-order chi connectivity index (χ0) is 13.5. The molecule has 0 bridgehead atoms. The number of anilines is 1. The predicted octanol–water partition coefficient (Wildman–Crippen LogP) is 1.32. The molecule has 18 heavy (non-hydrogen) atoms. The van der Waals surface area contributed by atoms with Crippen LogP contribution in [0.1, 0.15) is 30.3 Å². The summed E-state index contributed by atoms with van der Waals surface area (Å²) >= 11 is 0. The summed E-state index contributed by atoms with van der Waals surface area (Å²) in [5.41, 5.74) is 7.19. The van der Waals surface area contributed by atoms with Crippen molar-refractivity contribution in [2.45, 2.75) is 25.8 Å². The van der Waals surface area contributed by atoms with E-state index in [1.165, 1.54) is 4.90 Å². The van der Waals surface area contributed by atoms with E-state index in [-0.39, 0.29) is 11.9 Å². The molecule has 1 aromatic heterocycles. The van der Waals surface area contributed by atoms with Gasteiger partial charge in [-0.15, -0.1) is 0 Å². The number of rotatable bonds is 6. The summed E-state index contributed by atoms with van der Waals surface area (Å²) in [6, 6.07) is 3.84. The quantitative estimate of drug-likeness (QED) is 0.799. The second kappa shape index (κ2) is 6.96. The fraction of sp³-hybridized carbons (Fsp3) is 0.538. The molecule has 0 radical (unpaired) electrons. The van der Waals surface area contributed by atoms with E-state index in [1.807, 2.05) is 6.07 Å². The molecule has 1 atom stereocenters. The maximum atomic E-state index is 11.7. The number of nitrogens with two attached hydrogens (primary N) is 1. The van der Waals surface area contributed by atoms with Crippen LogP contribution in [0, 0.1) is 0 Å². The van der Waals surface area contributed by atoms with Crippen molar-refractivity contribution in [2.75, 3.05) is 26.0 Å². The Morgan fingerprint density at radius 1 is 1.56 bits per heavy atom. The van der Waals surface area contributed by atoms with Gasteiger partial charge in [0.05, 0.1) is 0 Å². The monoisotopic (exact) mass is 250 g/mol. The first-order chi connectivity index (χ1) is 8.54. The van der Waals surface area contributed by atoms with Crippen molar-refractivity contribution >= 4 is 11.6 Å². The third-order valence-electron chi connectivity index (χ3n) is 2.75. The smallest absolute Gasteiger partial charge is 0.272 e. The average Bonchev–Trinajstić information content (AvgIpc) is 2.37. The van der Waals surface area contributed by atoms with Crippen LogP contribution >= 0.6 is 0 Å². The van der Waals surface area contributed by atoms with Gasteiger partial charge in [-0.25, -0.2) is 0 Å². The summed E-state index contributed by atoms with van der Waals surface area (Å²) < 4.78 is 0. The summed E-state index contributed by atoms with van der Waals surface area (Å²) in [7, 11) is 3.43. The maximum absolute atomic E-state index is 11.7. The number of carbonyl (C=O) groups excluding carboxylic acids is 1. The van der Waals surface area contributed by atoms with Gasteiger partial charge in [0.2, 0.25) is 0 Å². The molecule has 100 valence electrons. The van der Waals surface area contributed by atoms with Crippen LogP contribution in [0.25, 0.3) is 0 Å². The van der Waals surface area contributed by atoms with Gasteiger partial charge in [0.15, 0.2) is 0 Å². The lowest BCUT2D eigenvalue weighted by molar-refractivity contribution is 0.0822. The molecule has 1 heterocycles. The molecule has 3 N–H and O–H groups in total. The number of pyridine rings is 1. The lowest BCUT2D eigenvalue weighted by Gasteiger charge is -2.12. The number of hydrogen-bond acceptors (Lipinski definition) is 4. The molecule has 0 fully saturated rings. The van der Waals surface area contributed by atoms with Crippen LogP contribution < -0.4 is 11.1 Å². The third-order valence-corrected chi connectivity index (χ3v) is 2.75. The van der Waals surface area contributed by atoms with E-state index in [0.717, 1.165) is 25.1 Å². The first kappa shape index (κ1) is 14.4. The summed E-state index contributed by atoms with van der Waals surface area (Å²) in [5.74, 6) is -0.0936. The van der Waals surface area contributed by atoms with E-state index in [4.69, 9.17) is 5.73 Å². The van der Waals surface area contributed by atoms with E-state index < -0.39 is 0 Å². The second-order valence-corrected chi connectivity index (χ2v) is 4.51. The number of nitrogens with one attached hydrogen (secondary N) is 1. The Labute approximate surface area is 108 Å². The van der Waals surface area contributed by atoms with Crippen molar-refractivity contribution in [3.05, 3.63) is 24.0 Å². The molecule has 5 nitrogen and oxygen atoms in total. The average molecular weight is 250 g/mol. The van der Waals surface area contributed by atoms with E-state index >= 15 is 0 Å². The highest BCUT2D eigenvalue weighted by atomic mass is 16.2. The van der Waals surface area contributed by atoms with Crippen LogP contribution in [0.5, 0.6) is 0 Å². The van der Waals surface area contributed by atoms with Gasteiger partial charge < -0.3 is 16.0 Å². The van der Waals surface area contributed by atoms with Gasteiger partial charge in [-0.3, -0.25) is 9.78 Å². The normalized spacial score (nSPS) is 12.0. The van der Waals surface area contributed by atoms with E-state index in [0.29, 0.717) is 5.69 Å². The molecule has 0 saturated carbocycles. The highest BCUT2D eigenvalue weighted by molar-refractivity contribution is 5.92. The lowest BCUT2D eigenvalue weighted by atomic mass is 10.2. The fourth-order valence-corrected chi connectivity index (χ4v) is 1.49. The van der Waals surface area contributed by atoms with Crippen molar-refractivity contribution in [1.82, 2.24) is 9.88 Å². The van der Waals surface area contributed by atoms with E-state index in [9.17, 15) is 4.79 Å². The molecular formula is C13H22N4O. The highest BCUT2D eigenvalue weighted by Gasteiger charge is 2.09. The lowest BCUT2D eigenvalue weighted by Crippen LogP contribution is -2.23. The van der Waals surface area contributed by atoms with Gasteiger partial charge in [0.1, 0.15) is 5.69 Å². The van der Waals surface area contributed by atoms with Crippen LogP contribution in [0.3, 0.4) is 0 Å². The highest BCUT2D eigenvalue weighted by Crippen LogP contribution is 2.09. The minimum atomic E-state index is -0.0936. The zero-order valence-corrected chi connectivity index (χ0v) is 11.3. The largest absolute Gasteiger partial charge is 0.385 e. The van der Waals surface area contributed by atoms with Crippen molar-refractivity contribution in [3.63, 3.8) is 0 Å². The Bertz CT molecular complexity index is 392. The van der Waals surface area contributed by atoms with Crippen LogP contribution in [-0.4, -0.2) is 42.5 Å². The first-order valence-electron chi connectivity index (χ1n) is 6.21. The molecule has 0 aliphatic heterocycles. The van der Waals surface area contributed by atoms with Crippen LogP contribution in [-0.2, 0) is 0 Å². The van der Waals surface area contributed by atoms with Gasteiger partial charge in [-0.1, -0.05) is 6.92 Å². The van der Waals surface area contributed by atoms with Crippen molar-refractivity contribution in [2.24, 2.45) is 5.73 Å². The molecule has 1 unspecified atom stereocenters. The molecule has 0 aromatic carbocycles. The molecule has 0 spiro atoms. The Balaban J connectivity index is 2.57. The number of hydrogen-bond donors (Lipinski definition) is 2. The van der Waals surface area contributed by atoms with Crippen molar-refractivity contribution in [3.8, 4) is 0 Å². The molecule has 0 aliphatic rings. The SMILES string of the molecule is CCC(N)CCNc1ccnc(C(=O)N(C)C)c1. The third kappa shape index (κ3) is 4.33.